The van der Waals surface area contributed by atoms with E-state index in [0.29, 0.717) is 5.92 Å². The van der Waals surface area contributed by atoms with Crippen LogP contribution in [0.15, 0.2) is 18.2 Å². The van der Waals surface area contributed by atoms with Crippen molar-refractivity contribution < 1.29 is 9.90 Å². The lowest BCUT2D eigenvalue weighted by Gasteiger charge is -2.18. The predicted molar refractivity (Wildman–Crippen MR) is 84.1 cm³/mol. The minimum Gasteiger partial charge on any atom is -0.384 e. The summed E-state index contributed by atoms with van der Waals surface area (Å²) in [5.41, 5.74) is 2.46. The summed E-state index contributed by atoms with van der Waals surface area (Å²) in [4.78, 5) is 14.6. The Morgan fingerprint density at radius 1 is 1.48 bits per heavy atom. The quantitative estimate of drug-likeness (QED) is 0.867. The van der Waals surface area contributed by atoms with E-state index >= 15 is 0 Å². The number of nitrogens with zero attached hydrogens (tertiary/aromatic N) is 1. The Balaban J connectivity index is 2.17. The van der Waals surface area contributed by atoms with Gasteiger partial charge in [0.1, 0.15) is 6.61 Å². The summed E-state index contributed by atoms with van der Waals surface area (Å²) < 4.78 is 0. The highest BCUT2D eigenvalue weighted by molar-refractivity contribution is 5.96. The highest BCUT2D eigenvalue weighted by atomic mass is 16.2. The molecule has 1 fully saturated rings. The molecule has 1 heterocycles. The largest absolute Gasteiger partial charge is 0.384 e. The third-order valence-corrected chi connectivity index (χ3v) is 4.14. The van der Waals surface area contributed by atoms with Crippen LogP contribution in [-0.2, 0) is 0 Å². The van der Waals surface area contributed by atoms with Gasteiger partial charge in [-0.2, -0.15) is 0 Å². The summed E-state index contributed by atoms with van der Waals surface area (Å²) in [6.45, 7) is 5.68. The van der Waals surface area contributed by atoms with Crippen molar-refractivity contribution in [1.82, 2.24) is 4.90 Å². The van der Waals surface area contributed by atoms with Crippen molar-refractivity contribution in [2.75, 3.05) is 19.7 Å². The molecule has 3 heteroatoms. The zero-order valence-corrected chi connectivity index (χ0v) is 12.9. The van der Waals surface area contributed by atoms with Gasteiger partial charge in [0, 0.05) is 24.2 Å². The number of aliphatic hydroxyl groups excluding tert-OH is 1. The van der Waals surface area contributed by atoms with E-state index in [1.54, 1.807) is 0 Å². The van der Waals surface area contributed by atoms with Crippen LogP contribution in [0.5, 0.6) is 0 Å². The van der Waals surface area contributed by atoms with E-state index in [2.05, 4.69) is 18.8 Å². The van der Waals surface area contributed by atoms with Crippen LogP contribution in [0.2, 0.25) is 0 Å². The fourth-order valence-corrected chi connectivity index (χ4v) is 2.97. The van der Waals surface area contributed by atoms with Crippen LogP contribution in [0.1, 0.15) is 47.7 Å². The summed E-state index contributed by atoms with van der Waals surface area (Å²) >= 11 is 0. The number of amides is 1. The van der Waals surface area contributed by atoms with Crippen molar-refractivity contribution in [3.05, 3.63) is 34.9 Å². The molecule has 1 aliphatic heterocycles. The summed E-state index contributed by atoms with van der Waals surface area (Å²) in [6, 6.07) is 5.62. The summed E-state index contributed by atoms with van der Waals surface area (Å²) in [7, 11) is 0. The SMILES string of the molecule is CCCC1CCN(C(=O)c2cccc(C#CCO)c2C)C1. The van der Waals surface area contributed by atoms with E-state index in [9.17, 15) is 4.79 Å². The average Bonchev–Trinajstić information content (AvgIpc) is 2.94. The molecule has 0 radical (unpaired) electrons. The molecule has 0 aliphatic carbocycles. The molecule has 1 aliphatic rings. The van der Waals surface area contributed by atoms with Gasteiger partial charge < -0.3 is 10.0 Å². The van der Waals surface area contributed by atoms with Crippen LogP contribution >= 0.6 is 0 Å². The van der Waals surface area contributed by atoms with Gasteiger partial charge in [0.15, 0.2) is 0 Å². The first-order valence-corrected chi connectivity index (χ1v) is 7.66. The summed E-state index contributed by atoms with van der Waals surface area (Å²) in [5.74, 6) is 6.31. The Morgan fingerprint density at radius 2 is 2.29 bits per heavy atom. The van der Waals surface area contributed by atoms with E-state index in [1.165, 1.54) is 12.8 Å². The fourth-order valence-electron chi connectivity index (χ4n) is 2.97. The molecular formula is C18H23NO2. The van der Waals surface area contributed by atoms with E-state index in [-0.39, 0.29) is 12.5 Å². The molecule has 1 atom stereocenters. The average molecular weight is 285 g/mol. The molecule has 0 aromatic heterocycles. The maximum atomic E-state index is 12.7. The third-order valence-electron chi connectivity index (χ3n) is 4.14. The first kappa shape index (κ1) is 15.6. The smallest absolute Gasteiger partial charge is 0.254 e. The van der Waals surface area contributed by atoms with Crippen LogP contribution in [-0.4, -0.2) is 35.6 Å². The molecule has 2 rings (SSSR count). The van der Waals surface area contributed by atoms with Crippen molar-refractivity contribution in [1.29, 1.82) is 0 Å². The molecule has 0 spiro atoms. The van der Waals surface area contributed by atoms with Gasteiger partial charge in [-0.3, -0.25) is 4.79 Å². The second-order valence-electron chi connectivity index (χ2n) is 5.63. The normalized spacial score (nSPS) is 17.5. The second kappa shape index (κ2) is 7.28. The first-order chi connectivity index (χ1) is 10.2. The van der Waals surface area contributed by atoms with Crippen molar-refractivity contribution in [2.24, 2.45) is 5.92 Å². The first-order valence-electron chi connectivity index (χ1n) is 7.66. The molecule has 1 amide bonds. The maximum absolute atomic E-state index is 12.7. The van der Waals surface area contributed by atoms with Crippen LogP contribution in [0.3, 0.4) is 0 Å². The Kier molecular flexibility index (Phi) is 5.41. The summed E-state index contributed by atoms with van der Waals surface area (Å²) in [6.07, 6.45) is 3.49. The molecule has 0 bridgehead atoms. The Labute approximate surface area is 127 Å². The highest BCUT2D eigenvalue weighted by Crippen LogP contribution is 2.24. The number of hydrogen-bond donors (Lipinski definition) is 1. The van der Waals surface area contributed by atoms with E-state index < -0.39 is 0 Å². The number of carbonyl (C=O) groups is 1. The van der Waals surface area contributed by atoms with E-state index in [0.717, 1.165) is 36.2 Å². The van der Waals surface area contributed by atoms with Gasteiger partial charge >= 0.3 is 0 Å². The van der Waals surface area contributed by atoms with E-state index in [4.69, 9.17) is 5.11 Å². The second-order valence-corrected chi connectivity index (χ2v) is 5.63. The zero-order chi connectivity index (χ0) is 15.2. The maximum Gasteiger partial charge on any atom is 0.254 e. The zero-order valence-electron chi connectivity index (χ0n) is 12.9. The van der Waals surface area contributed by atoms with Gasteiger partial charge in [-0.1, -0.05) is 31.3 Å². The van der Waals surface area contributed by atoms with Crippen LogP contribution in [0, 0.1) is 24.7 Å². The number of aliphatic hydroxyl groups is 1. The lowest BCUT2D eigenvalue weighted by Crippen LogP contribution is -2.29. The number of likely N-dealkylation sites (tertiary alicyclic amines) is 1. The van der Waals surface area contributed by atoms with Gasteiger partial charge in [0.2, 0.25) is 0 Å². The van der Waals surface area contributed by atoms with Crippen molar-refractivity contribution in [2.45, 2.75) is 33.1 Å². The topological polar surface area (TPSA) is 40.5 Å². The lowest BCUT2D eigenvalue weighted by atomic mass is 10.0. The van der Waals surface area contributed by atoms with Gasteiger partial charge in [-0.15, -0.1) is 0 Å². The van der Waals surface area contributed by atoms with Crippen LogP contribution in [0.4, 0.5) is 0 Å². The Morgan fingerprint density at radius 3 is 3.00 bits per heavy atom. The van der Waals surface area contributed by atoms with Crippen LogP contribution in [0.25, 0.3) is 0 Å². The molecule has 1 N–H and O–H groups in total. The molecule has 112 valence electrons. The molecule has 1 aromatic carbocycles. The number of carbonyl (C=O) groups excluding carboxylic acids is 1. The number of rotatable bonds is 3. The lowest BCUT2D eigenvalue weighted by molar-refractivity contribution is 0.0785. The predicted octanol–water partition coefficient (Wildman–Crippen LogP) is 2.60. The Bertz CT molecular complexity index is 568. The molecule has 21 heavy (non-hydrogen) atoms. The van der Waals surface area contributed by atoms with Crippen molar-refractivity contribution >= 4 is 5.91 Å². The van der Waals surface area contributed by atoms with Gasteiger partial charge in [0.25, 0.3) is 5.91 Å². The Hall–Kier alpha value is -1.79. The fraction of sp³-hybridized carbons (Fsp3) is 0.500. The standard InChI is InChI=1S/C18H23NO2/c1-3-6-15-10-11-19(13-15)18(21)17-9-4-7-16(14(17)2)8-5-12-20/h4,7,9,15,20H,3,6,10-13H2,1-2H3. The highest BCUT2D eigenvalue weighted by Gasteiger charge is 2.27. The van der Waals surface area contributed by atoms with Gasteiger partial charge in [-0.25, -0.2) is 0 Å². The van der Waals surface area contributed by atoms with Gasteiger partial charge in [-0.05, 0) is 43.4 Å². The number of benzene rings is 1. The van der Waals surface area contributed by atoms with Gasteiger partial charge in [0.05, 0.1) is 0 Å². The molecule has 3 nitrogen and oxygen atoms in total. The molecule has 0 saturated carbocycles. The molecule has 1 aromatic rings. The molecular weight excluding hydrogens is 262 g/mol. The van der Waals surface area contributed by atoms with Crippen molar-refractivity contribution in [3.63, 3.8) is 0 Å². The minimum absolute atomic E-state index is 0.110. The molecule has 1 unspecified atom stereocenters. The summed E-state index contributed by atoms with van der Waals surface area (Å²) in [5, 5.41) is 8.80. The van der Waals surface area contributed by atoms with Crippen LogP contribution < -0.4 is 0 Å². The third kappa shape index (κ3) is 3.65. The van der Waals surface area contributed by atoms with E-state index in [1.807, 2.05) is 30.0 Å². The minimum atomic E-state index is -0.164. The monoisotopic (exact) mass is 285 g/mol. The number of hydrogen-bond acceptors (Lipinski definition) is 2. The molecule has 1 saturated heterocycles. The van der Waals surface area contributed by atoms with Crippen molar-refractivity contribution in [3.8, 4) is 11.8 Å².